The van der Waals surface area contributed by atoms with Crippen molar-refractivity contribution in [3.05, 3.63) is 70.2 Å². The van der Waals surface area contributed by atoms with Crippen molar-refractivity contribution in [1.82, 2.24) is 0 Å². The van der Waals surface area contributed by atoms with Crippen LogP contribution in [0.25, 0.3) is 0 Å². The summed E-state index contributed by atoms with van der Waals surface area (Å²) < 4.78 is 7.00. The zero-order valence-corrected chi connectivity index (χ0v) is 20.8. The molecule has 0 bridgehead atoms. The Morgan fingerprint density at radius 2 is 1.50 bits per heavy atom. The molecule has 0 spiro atoms. The van der Waals surface area contributed by atoms with Crippen LogP contribution in [-0.2, 0) is 29.0 Å². The van der Waals surface area contributed by atoms with E-state index in [2.05, 4.69) is 15.9 Å². The Kier molecular flexibility index (Phi) is 14.6. The number of carbonyl (C=O) groups is 1. The second-order valence-corrected chi connectivity index (χ2v) is 6.85. The summed E-state index contributed by atoms with van der Waals surface area (Å²) >= 11 is 3.42. The molecule has 2 atom stereocenters. The molecule has 0 saturated heterocycles. The second-order valence-electron chi connectivity index (χ2n) is 5.93. The number of halogens is 3. The Hall–Kier alpha value is -0.447. The van der Waals surface area contributed by atoms with Crippen molar-refractivity contribution >= 4 is 21.9 Å². The van der Waals surface area contributed by atoms with Gasteiger partial charge in [-0.3, -0.25) is 0 Å². The van der Waals surface area contributed by atoms with Crippen molar-refractivity contribution in [3.8, 4) is 0 Å². The first-order valence-electron chi connectivity index (χ1n) is 7.66. The van der Waals surface area contributed by atoms with Gasteiger partial charge in [0, 0.05) is 4.47 Å². The minimum Gasteiger partial charge on any atom is -1.00 e. The van der Waals surface area contributed by atoms with E-state index in [1.807, 2.05) is 68.4 Å². The third kappa shape index (κ3) is 8.50. The number of aliphatic carboxylic acids is 1. The zero-order chi connectivity index (χ0) is 16.8. The molecule has 0 amide bonds. The second kappa shape index (κ2) is 13.7. The summed E-state index contributed by atoms with van der Waals surface area (Å²) in [5, 5.41) is 9.48. The molecule has 2 aromatic rings. The molecule has 2 rings (SSSR count). The van der Waals surface area contributed by atoms with Crippen LogP contribution >= 0.6 is 15.9 Å². The zero-order valence-electron chi connectivity index (χ0n) is 14.7. The van der Waals surface area contributed by atoms with Crippen molar-refractivity contribution in [2.45, 2.75) is 32.5 Å². The molecular weight excluding hydrogens is 492 g/mol. The van der Waals surface area contributed by atoms with E-state index in [0.717, 1.165) is 15.6 Å². The van der Waals surface area contributed by atoms with Crippen LogP contribution in [0.15, 0.2) is 59.1 Å². The number of hydrogen-bond donors (Lipinski definition) is 1. The Balaban J connectivity index is 0. The van der Waals surface area contributed by atoms with Crippen molar-refractivity contribution in [2.75, 3.05) is 0 Å². The standard InChI is InChI=1S/C19H21BrO3.2ClH.Zn/c1-13(2)12-17(19(21)22)23-18(14-6-4-3-5-7-14)15-8-10-16(20)11-9-15;;;/h3-11,13,17-18H,12H2,1-2H3,(H,21,22);2*1H;/q;;;+2/p-2/t17-,18+;;;/m0.../s1. The molecule has 138 valence electrons. The topological polar surface area (TPSA) is 46.5 Å². The van der Waals surface area contributed by atoms with Gasteiger partial charge >= 0.3 is 25.4 Å². The number of rotatable bonds is 7. The van der Waals surface area contributed by atoms with Crippen LogP contribution in [0.3, 0.4) is 0 Å². The molecule has 0 radical (unpaired) electrons. The van der Waals surface area contributed by atoms with Gasteiger partial charge in [0.15, 0.2) is 6.10 Å². The molecule has 2 aromatic carbocycles. The molecule has 0 fully saturated rings. The maximum atomic E-state index is 11.6. The number of ether oxygens (including phenoxy) is 1. The molecule has 0 aliphatic carbocycles. The molecule has 0 heterocycles. The van der Waals surface area contributed by atoms with E-state index in [9.17, 15) is 9.90 Å². The van der Waals surface area contributed by atoms with E-state index in [1.54, 1.807) is 0 Å². The predicted molar refractivity (Wildman–Crippen MR) is 94.4 cm³/mol. The summed E-state index contributed by atoms with van der Waals surface area (Å²) in [6, 6.07) is 17.5. The Bertz CT molecular complexity index is 639. The first kappa shape index (κ1) is 27.8. The fraction of sp³-hybridized carbons (Fsp3) is 0.316. The Morgan fingerprint density at radius 3 is 1.96 bits per heavy atom. The maximum Gasteiger partial charge on any atom is 2.00 e. The summed E-state index contributed by atoms with van der Waals surface area (Å²) in [6.45, 7) is 3.99. The molecule has 0 aliphatic rings. The average Bonchev–Trinajstić information content (AvgIpc) is 2.53. The van der Waals surface area contributed by atoms with Crippen molar-refractivity contribution < 1.29 is 58.9 Å². The van der Waals surface area contributed by atoms with E-state index in [1.165, 1.54) is 0 Å². The summed E-state index contributed by atoms with van der Waals surface area (Å²) in [7, 11) is 0. The van der Waals surface area contributed by atoms with Crippen LogP contribution in [0.2, 0.25) is 0 Å². The van der Waals surface area contributed by atoms with Crippen molar-refractivity contribution in [2.24, 2.45) is 5.92 Å². The molecule has 3 nitrogen and oxygen atoms in total. The SMILES string of the molecule is CC(C)C[C@H](O[C@H](c1ccccc1)c1ccc(Br)cc1)C(=O)O.[Cl-].[Cl-].[Zn+2]. The van der Waals surface area contributed by atoms with Gasteiger partial charge in [0.25, 0.3) is 0 Å². The van der Waals surface area contributed by atoms with Crippen LogP contribution < -0.4 is 24.8 Å². The van der Waals surface area contributed by atoms with Crippen LogP contribution in [0.1, 0.15) is 37.5 Å². The first-order chi connectivity index (χ1) is 11.0. The summed E-state index contributed by atoms with van der Waals surface area (Å²) in [4.78, 5) is 11.6. The summed E-state index contributed by atoms with van der Waals surface area (Å²) in [5.74, 6) is -0.672. The van der Waals surface area contributed by atoms with E-state index in [0.29, 0.717) is 6.42 Å². The largest absolute Gasteiger partial charge is 2.00 e. The molecule has 0 aliphatic heterocycles. The molecular formula is C19H21BrCl2O3Zn. The monoisotopic (exact) mass is 510 g/mol. The fourth-order valence-corrected chi connectivity index (χ4v) is 2.69. The number of carboxylic acids is 1. The minimum atomic E-state index is -0.920. The summed E-state index contributed by atoms with van der Waals surface area (Å²) in [6.07, 6.45) is -0.747. The van der Waals surface area contributed by atoms with Gasteiger partial charge in [-0.1, -0.05) is 72.2 Å². The quantitative estimate of drug-likeness (QED) is 0.487. The normalized spacial score (nSPS) is 12.2. The average molecular weight is 514 g/mol. The van der Waals surface area contributed by atoms with Gasteiger partial charge in [-0.2, -0.15) is 0 Å². The summed E-state index contributed by atoms with van der Waals surface area (Å²) in [5.41, 5.74) is 1.89. The van der Waals surface area contributed by atoms with Gasteiger partial charge in [0.2, 0.25) is 0 Å². The molecule has 0 aromatic heterocycles. The maximum absolute atomic E-state index is 11.6. The van der Waals surface area contributed by atoms with Crippen molar-refractivity contribution in [1.29, 1.82) is 0 Å². The molecule has 7 heteroatoms. The van der Waals surface area contributed by atoms with Gasteiger partial charge in [0.1, 0.15) is 6.10 Å². The molecule has 26 heavy (non-hydrogen) atoms. The third-order valence-electron chi connectivity index (χ3n) is 3.54. The number of carboxylic acid groups (broad SMARTS) is 1. The number of benzene rings is 2. The Labute approximate surface area is 188 Å². The molecule has 0 saturated carbocycles. The van der Waals surface area contributed by atoms with Gasteiger partial charge < -0.3 is 34.7 Å². The smallest absolute Gasteiger partial charge is 1.00 e. The Morgan fingerprint density at radius 1 is 1.00 bits per heavy atom. The molecule has 1 N–H and O–H groups in total. The van der Waals surface area contributed by atoms with Crippen LogP contribution in [0, 0.1) is 5.92 Å². The van der Waals surface area contributed by atoms with Crippen LogP contribution in [0.4, 0.5) is 0 Å². The molecule has 0 unspecified atom stereocenters. The van der Waals surface area contributed by atoms with E-state index >= 15 is 0 Å². The van der Waals surface area contributed by atoms with Gasteiger partial charge in [-0.25, -0.2) is 4.79 Å². The van der Waals surface area contributed by atoms with E-state index < -0.39 is 18.2 Å². The van der Waals surface area contributed by atoms with Crippen LogP contribution in [0.5, 0.6) is 0 Å². The fourth-order valence-electron chi connectivity index (χ4n) is 2.42. The van der Waals surface area contributed by atoms with Crippen LogP contribution in [-0.4, -0.2) is 17.2 Å². The van der Waals surface area contributed by atoms with Crippen molar-refractivity contribution in [3.63, 3.8) is 0 Å². The van der Waals surface area contributed by atoms with Gasteiger partial charge in [0.05, 0.1) is 0 Å². The van der Waals surface area contributed by atoms with E-state index in [-0.39, 0.29) is 50.2 Å². The number of hydrogen-bond acceptors (Lipinski definition) is 2. The van der Waals surface area contributed by atoms with Gasteiger partial charge in [-0.05, 0) is 35.6 Å². The minimum absolute atomic E-state index is 0. The third-order valence-corrected chi connectivity index (χ3v) is 4.07. The van der Waals surface area contributed by atoms with Gasteiger partial charge in [-0.15, -0.1) is 0 Å². The first-order valence-corrected chi connectivity index (χ1v) is 8.45. The predicted octanol–water partition coefficient (Wildman–Crippen LogP) is -0.940. The van der Waals surface area contributed by atoms with E-state index in [4.69, 9.17) is 4.74 Å².